The number of Topliss-reactive ketones (excluding diaryl/α,β-unsaturated/α-hetero) is 1. The normalized spacial score (nSPS) is 23.2. The summed E-state index contributed by atoms with van der Waals surface area (Å²) in [5.74, 6) is -2.01. The summed E-state index contributed by atoms with van der Waals surface area (Å²) in [5, 5.41) is 11.1. The number of carbonyl (C=O) groups excluding carboxylic acids is 3. The number of hydrogen-bond donors (Lipinski definition) is 0. The number of likely N-dealkylation sites (tertiary alicyclic amines) is 1. The minimum atomic E-state index is -0.923. The monoisotopic (exact) mass is 509 g/mol. The molecule has 4 atom stereocenters. The van der Waals surface area contributed by atoms with E-state index in [0.717, 1.165) is 16.7 Å². The van der Waals surface area contributed by atoms with Gasteiger partial charge in [0.05, 0.1) is 36.5 Å². The molecule has 9 heteroatoms. The Morgan fingerprint density at radius 2 is 1.63 bits per heavy atom. The van der Waals surface area contributed by atoms with E-state index in [1.807, 2.05) is 35.2 Å². The van der Waals surface area contributed by atoms with Crippen molar-refractivity contribution in [1.82, 2.24) is 9.80 Å². The van der Waals surface area contributed by atoms with Crippen LogP contribution >= 0.6 is 0 Å². The van der Waals surface area contributed by atoms with Gasteiger partial charge in [0, 0.05) is 23.9 Å². The number of benzene rings is 3. The topological polar surface area (TPSA) is 110 Å². The minimum absolute atomic E-state index is 0.0946. The maximum absolute atomic E-state index is 13.9. The average Bonchev–Trinajstić information content (AvgIpc) is 3.41. The molecular weight excluding hydrogens is 486 g/mol. The van der Waals surface area contributed by atoms with E-state index in [9.17, 15) is 24.5 Å². The number of fused-ring (bicyclic) bond motifs is 5. The molecule has 3 aromatic carbocycles. The highest BCUT2D eigenvalue weighted by Crippen LogP contribution is 2.53. The quantitative estimate of drug-likeness (QED) is 0.214. The second kappa shape index (κ2) is 8.95. The van der Waals surface area contributed by atoms with Crippen molar-refractivity contribution in [3.63, 3.8) is 0 Å². The van der Waals surface area contributed by atoms with Crippen LogP contribution in [0.2, 0.25) is 0 Å². The van der Waals surface area contributed by atoms with Crippen molar-refractivity contribution in [2.24, 2.45) is 11.8 Å². The Morgan fingerprint density at radius 3 is 2.32 bits per heavy atom. The fourth-order valence-corrected chi connectivity index (χ4v) is 5.91. The average molecular weight is 510 g/mol. The molecular formula is C29H23N3O6. The number of rotatable bonds is 6. The molecule has 0 aromatic heterocycles. The summed E-state index contributed by atoms with van der Waals surface area (Å²) in [6, 6.07) is 18.8. The summed E-state index contributed by atoms with van der Waals surface area (Å²) in [6.45, 7) is 0.0946. The summed E-state index contributed by atoms with van der Waals surface area (Å²) in [7, 11) is 1.56. The van der Waals surface area contributed by atoms with E-state index in [2.05, 4.69) is 0 Å². The second-order valence-electron chi connectivity index (χ2n) is 9.61. The first-order valence-corrected chi connectivity index (χ1v) is 12.2. The van der Waals surface area contributed by atoms with Crippen molar-refractivity contribution in [3.8, 4) is 5.75 Å². The van der Waals surface area contributed by atoms with Gasteiger partial charge < -0.3 is 9.64 Å². The fourth-order valence-electron chi connectivity index (χ4n) is 5.91. The van der Waals surface area contributed by atoms with Crippen LogP contribution in [0.5, 0.6) is 5.75 Å². The fraction of sp³-hybridized carbons (Fsp3) is 0.207. The van der Waals surface area contributed by atoms with Crippen LogP contribution < -0.4 is 4.74 Å². The highest BCUT2D eigenvalue weighted by molar-refractivity contribution is 6.12. The first-order valence-electron chi connectivity index (χ1n) is 12.2. The molecule has 0 radical (unpaired) electrons. The van der Waals surface area contributed by atoms with Gasteiger partial charge in [0.2, 0.25) is 11.8 Å². The van der Waals surface area contributed by atoms with E-state index in [1.54, 1.807) is 37.6 Å². The van der Waals surface area contributed by atoms with E-state index >= 15 is 0 Å². The molecule has 0 bridgehead atoms. The third kappa shape index (κ3) is 3.58. The molecule has 190 valence electrons. The Bertz CT molecular complexity index is 1500. The van der Waals surface area contributed by atoms with Crippen molar-refractivity contribution >= 4 is 29.4 Å². The van der Waals surface area contributed by atoms with Crippen molar-refractivity contribution in [3.05, 3.63) is 111 Å². The number of imide groups is 1. The lowest BCUT2D eigenvalue weighted by molar-refractivity contribution is -0.384. The van der Waals surface area contributed by atoms with E-state index < -0.39 is 34.7 Å². The van der Waals surface area contributed by atoms with Gasteiger partial charge in [-0.15, -0.1) is 0 Å². The van der Waals surface area contributed by atoms with Crippen molar-refractivity contribution in [2.45, 2.75) is 18.6 Å². The minimum Gasteiger partial charge on any atom is -0.497 e. The number of nitro benzene ring substituents is 1. The van der Waals surface area contributed by atoms with Crippen LogP contribution in [0.3, 0.4) is 0 Å². The van der Waals surface area contributed by atoms with Gasteiger partial charge in [0.15, 0.2) is 5.78 Å². The van der Waals surface area contributed by atoms with E-state index in [0.29, 0.717) is 5.75 Å². The van der Waals surface area contributed by atoms with Crippen LogP contribution in [0.25, 0.3) is 6.08 Å². The molecule has 0 aliphatic carbocycles. The van der Waals surface area contributed by atoms with Gasteiger partial charge in [-0.05, 0) is 47.0 Å². The van der Waals surface area contributed by atoms with Crippen LogP contribution in [0, 0.1) is 22.0 Å². The predicted octanol–water partition coefficient (Wildman–Crippen LogP) is 4.00. The van der Waals surface area contributed by atoms with Gasteiger partial charge in [-0.25, -0.2) is 0 Å². The highest BCUT2D eigenvalue weighted by Gasteiger charge is 2.64. The molecule has 3 aliphatic rings. The molecule has 0 spiro atoms. The van der Waals surface area contributed by atoms with Gasteiger partial charge in [0.25, 0.3) is 5.69 Å². The number of ether oxygens (including phenoxy) is 1. The first-order chi connectivity index (χ1) is 18.4. The number of nitrogens with zero attached hydrogens (tertiary/aromatic N) is 3. The van der Waals surface area contributed by atoms with Gasteiger partial charge in [0.1, 0.15) is 11.8 Å². The number of non-ortho nitro benzene ring substituents is 1. The Labute approximate surface area is 218 Å². The molecule has 2 fully saturated rings. The summed E-state index contributed by atoms with van der Waals surface area (Å²) in [6.07, 6.45) is 3.67. The Kier molecular flexibility index (Phi) is 5.56. The molecule has 3 aromatic rings. The smallest absolute Gasteiger partial charge is 0.269 e. The van der Waals surface area contributed by atoms with Crippen LogP contribution in [-0.4, -0.2) is 45.5 Å². The number of methoxy groups -OCH3 is 1. The molecule has 3 heterocycles. The van der Waals surface area contributed by atoms with E-state index in [4.69, 9.17) is 4.74 Å². The zero-order chi connectivity index (χ0) is 26.6. The van der Waals surface area contributed by atoms with E-state index in [-0.39, 0.29) is 29.5 Å². The Balaban J connectivity index is 1.40. The molecule has 2 saturated heterocycles. The van der Waals surface area contributed by atoms with Crippen molar-refractivity contribution < 1.29 is 24.0 Å². The zero-order valence-electron chi connectivity index (χ0n) is 20.4. The summed E-state index contributed by atoms with van der Waals surface area (Å²) in [4.78, 5) is 55.2. The van der Waals surface area contributed by atoms with Crippen LogP contribution in [0.4, 0.5) is 5.69 Å². The molecule has 6 rings (SSSR count). The van der Waals surface area contributed by atoms with Crippen LogP contribution in [0.1, 0.15) is 33.1 Å². The predicted molar refractivity (Wildman–Crippen MR) is 137 cm³/mol. The molecule has 9 nitrogen and oxygen atoms in total. The van der Waals surface area contributed by atoms with Crippen molar-refractivity contribution in [1.29, 1.82) is 0 Å². The van der Waals surface area contributed by atoms with Crippen molar-refractivity contribution in [2.75, 3.05) is 7.11 Å². The number of ketones is 1. The lowest BCUT2D eigenvalue weighted by atomic mass is 9.83. The molecule has 3 aliphatic heterocycles. The SMILES string of the molecule is COc1ccc(CN2C(=O)[C@H]3[C@@H](C2=O)C2c4ccccc4C=CN2[C@H]3C(=O)c2ccc([N+](=O)[O-])cc2)cc1. The number of hydrogen-bond acceptors (Lipinski definition) is 7. The third-order valence-corrected chi connectivity index (χ3v) is 7.68. The number of amides is 2. The molecule has 1 unspecified atom stereocenters. The lowest BCUT2D eigenvalue weighted by Gasteiger charge is -2.35. The Morgan fingerprint density at radius 1 is 0.947 bits per heavy atom. The lowest BCUT2D eigenvalue weighted by Crippen LogP contribution is -2.44. The summed E-state index contributed by atoms with van der Waals surface area (Å²) >= 11 is 0. The third-order valence-electron chi connectivity index (χ3n) is 7.68. The molecule has 0 N–H and O–H groups in total. The maximum atomic E-state index is 13.9. The summed E-state index contributed by atoms with van der Waals surface area (Å²) < 4.78 is 5.20. The number of carbonyl (C=O) groups is 3. The summed E-state index contributed by atoms with van der Waals surface area (Å²) in [5.41, 5.74) is 2.71. The van der Waals surface area contributed by atoms with Gasteiger partial charge in [-0.1, -0.05) is 36.4 Å². The van der Waals surface area contributed by atoms with Gasteiger partial charge in [-0.2, -0.15) is 0 Å². The molecule has 38 heavy (non-hydrogen) atoms. The standard InChI is InChI=1S/C29H23N3O6/c1-38-21-12-6-17(7-13-21)16-31-28(34)23-24(29(31)35)26(27(33)19-8-10-20(11-9-19)32(36)37)30-15-14-18-4-2-3-5-22(18)25(23)30/h2-15,23-26H,16H2,1H3/t23-,24+,25?,26-/m1/s1. The number of nitro groups is 1. The van der Waals surface area contributed by atoms with Gasteiger partial charge in [-0.3, -0.25) is 29.4 Å². The maximum Gasteiger partial charge on any atom is 0.269 e. The van der Waals surface area contributed by atoms with E-state index in [1.165, 1.54) is 29.2 Å². The zero-order valence-corrected chi connectivity index (χ0v) is 20.4. The Hall–Kier alpha value is -4.79. The van der Waals surface area contributed by atoms with Crippen LogP contribution in [0.15, 0.2) is 79.0 Å². The largest absolute Gasteiger partial charge is 0.497 e. The second-order valence-corrected chi connectivity index (χ2v) is 9.61. The highest BCUT2D eigenvalue weighted by atomic mass is 16.6. The molecule has 2 amide bonds. The first kappa shape index (κ1) is 23.6. The van der Waals surface area contributed by atoms with Gasteiger partial charge >= 0.3 is 0 Å². The molecule has 0 saturated carbocycles. The van der Waals surface area contributed by atoms with Crippen LogP contribution in [-0.2, 0) is 16.1 Å².